The molecule has 1 atom stereocenters. The quantitative estimate of drug-likeness (QED) is 0.223. The molecule has 0 spiro atoms. The second kappa shape index (κ2) is 12.7. The zero-order valence-corrected chi connectivity index (χ0v) is 21.8. The van der Waals surface area contributed by atoms with Gasteiger partial charge in [-0.2, -0.15) is 0 Å². The Morgan fingerprint density at radius 3 is 2.24 bits per heavy atom. The second-order valence-electron chi connectivity index (χ2n) is 7.93. The van der Waals surface area contributed by atoms with Crippen molar-refractivity contribution >= 4 is 35.3 Å². The summed E-state index contributed by atoms with van der Waals surface area (Å²) in [4.78, 5) is 36.7. The number of hydrogen-bond acceptors (Lipinski definition) is 9. The maximum atomic E-state index is 12.7. The average molecular weight is 525 g/mol. The topological polar surface area (TPSA) is 122 Å². The third-order valence-corrected chi connectivity index (χ3v) is 6.11. The van der Waals surface area contributed by atoms with E-state index in [1.165, 1.54) is 44.2 Å². The first-order chi connectivity index (χ1) is 17.7. The second-order valence-corrected chi connectivity index (χ2v) is 8.87. The van der Waals surface area contributed by atoms with E-state index < -0.39 is 18.0 Å². The van der Waals surface area contributed by atoms with E-state index in [1.54, 1.807) is 6.08 Å². The highest BCUT2D eigenvalue weighted by molar-refractivity contribution is 7.99. The number of amides is 1. The zero-order chi connectivity index (χ0) is 26.9. The summed E-state index contributed by atoms with van der Waals surface area (Å²) in [6.45, 7) is 8.10. The number of ether oxygens (including phenoxy) is 3. The van der Waals surface area contributed by atoms with Gasteiger partial charge in [0.05, 0.1) is 31.1 Å². The molecule has 11 heteroatoms. The number of nitrogens with zero attached hydrogens (tertiary/aromatic N) is 3. The van der Waals surface area contributed by atoms with Crippen molar-refractivity contribution < 1.29 is 28.6 Å². The molecular weight excluding hydrogens is 496 g/mol. The van der Waals surface area contributed by atoms with Crippen LogP contribution < -0.4 is 10.1 Å². The Kier molecular flexibility index (Phi) is 9.45. The number of nitrogens with one attached hydrogen (secondary N) is 1. The molecule has 0 saturated heterocycles. The number of esters is 2. The van der Waals surface area contributed by atoms with Gasteiger partial charge in [0.25, 0.3) is 0 Å². The monoisotopic (exact) mass is 524 g/mol. The zero-order valence-electron chi connectivity index (χ0n) is 21.0. The van der Waals surface area contributed by atoms with Crippen LogP contribution in [0, 0.1) is 6.92 Å². The number of benzene rings is 2. The van der Waals surface area contributed by atoms with Crippen LogP contribution in [0.1, 0.15) is 45.1 Å². The van der Waals surface area contributed by atoms with Crippen molar-refractivity contribution in [1.29, 1.82) is 0 Å². The maximum absolute atomic E-state index is 12.7. The first kappa shape index (κ1) is 27.5. The van der Waals surface area contributed by atoms with E-state index in [1.807, 2.05) is 42.7 Å². The molecule has 1 unspecified atom stereocenters. The summed E-state index contributed by atoms with van der Waals surface area (Å²) < 4.78 is 17.3. The Labute approximate surface area is 219 Å². The van der Waals surface area contributed by atoms with Crippen molar-refractivity contribution in [3.63, 3.8) is 0 Å². The van der Waals surface area contributed by atoms with E-state index in [2.05, 4.69) is 22.1 Å². The highest BCUT2D eigenvalue weighted by Crippen LogP contribution is 2.25. The Balaban J connectivity index is 1.72. The largest absolute Gasteiger partial charge is 0.483 e. The van der Waals surface area contributed by atoms with E-state index in [4.69, 9.17) is 14.2 Å². The molecule has 1 N–H and O–H groups in total. The van der Waals surface area contributed by atoms with Crippen LogP contribution in [-0.4, -0.2) is 52.6 Å². The number of aryl methyl sites for hydroxylation is 1. The summed E-state index contributed by atoms with van der Waals surface area (Å²) in [5, 5.41) is 11.7. The normalized spacial score (nSPS) is 11.4. The summed E-state index contributed by atoms with van der Waals surface area (Å²) >= 11 is 1.18. The SMILES string of the molecule is C=CCn1c(SCC(=O)Nc2cc(C(=O)OC)cc(C(=O)OC)c2)nnc1C(C)Oc1ccc(C)cc1. The van der Waals surface area contributed by atoms with Crippen molar-refractivity contribution in [2.45, 2.75) is 31.7 Å². The molecule has 37 heavy (non-hydrogen) atoms. The maximum Gasteiger partial charge on any atom is 0.337 e. The van der Waals surface area contributed by atoms with Gasteiger partial charge in [0, 0.05) is 12.2 Å². The van der Waals surface area contributed by atoms with Gasteiger partial charge in [0.1, 0.15) is 5.75 Å². The van der Waals surface area contributed by atoms with E-state index >= 15 is 0 Å². The predicted octanol–water partition coefficient (Wildman–Crippen LogP) is 4.22. The molecule has 0 bridgehead atoms. The van der Waals surface area contributed by atoms with Gasteiger partial charge in [0.15, 0.2) is 17.1 Å². The molecule has 1 amide bonds. The number of anilines is 1. The van der Waals surface area contributed by atoms with Gasteiger partial charge in [-0.25, -0.2) is 9.59 Å². The number of allylic oxidation sites excluding steroid dienone is 1. The molecule has 0 fully saturated rings. The van der Waals surface area contributed by atoms with Gasteiger partial charge in [-0.1, -0.05) is 35.5 Å². The molecule has 0 aliphatic rings. The lowest BCUT2D eigenvalue weighted by atomic mass is 10.1. The fourth-order valence-corrected chi connectivity index (χ4v) is 4.14. The molecule has 3 aromatic rings. The fourth-order valence-electron chi connectivity index (χ4n) is 3.38. The van der Waals surface area contributed by atoms with Gasteiger partial charge in [-0.15, -0.1) is 16.8 Å². The van der Waals surface area contributed by atoms with Gasteiger partial charge < -0.3 is 19.5 Å². The minimum atomic E-state index is -0.650. The third-order valence-electron chi connectivity index (χ3n) is 5.15. The van der Waals surface area contributed by atoms with Crippen molar-refractivity contribution in [1.82, 2.24) is 14.8 Å². The summed E-state index contributed by atoms with van der Waals surface area (Å²) in [5.41, 5.74) is 1.59. The molecule has 0 aliphatic carbocycles. The van der Waals surface area contributed by atoms with Gasteiger partial charge in [-0.05, 0) is 44.2 Å². The molecule has 0 saturated carbocycles. The van der Waals surface area contributed by atoms with Crippen molar-refractivity contribution in [2.75, 3.05) is 25.3 Å². The number of thioether (sulfide) groups is 1. The van der Waals surface area contributed by atoms with Crippen LogP contribution in [0.4, 0.5) is 5.69 Å². The van der Waals surface area contributed by atoms with Crippen LogP contribution in [0.5, 0.6) is 5.75 Å². The third kappa shape index (κ3) is 7.20. The Morgan fingerprint density at radius 1 is 1.05 bits per heavy atom. The highest BCUT2D eigenvalue weighted by atomic mass is 32.2. The average Bonchev–Trinajstić information content (AvgIpc) is 3.30. The predicted molar refractivity (Wildman–Crippen MR) is 139 cm³/mol. The lowest BCUT2D eigenvalue weighted by Gasteiger charge is -2.16. The van der Waals surface area contributed by atoms with Crippen LogP contribution in [0.3, 0.4) is 0 Å². The van der Waals surface area contributed by atoms with Gasteiger partial charge >= 0.3 is 11.9 Å². The molecule has 2 aromatic carbocycles. The number of rotatable bonds is 11. The Bertz CT molecular complexity index is 1250. The number of hydrogen-bond donors (Lipinski definition) is 1. The van der Waals surface area contributed by atoms with Crippen molar-refractivity contribution in [2.24, 2.45) is 0 Å². The molecular formula is C26H28N4O6S. The summed E-state index contributed by atoms with van der Waals surface area (Å²) in [6, 6.07) is 11.9. The van der Waals surface area contributed by atoms with E-state index in [0.717, 1.165) is 5.56 Å². The summed E-state index contributed by atoms with van der Waals surface area (Å²) in [6.07, 6.45) is 1.32. The molecule has 1 heterocycles. The van der Waals surface area contributed by atoms with Crippen LogP contribution in [-0.2, 0) is 20.8 Å². The number of aromatic nitrogens is 3. The summed E-state index contributed by atoms with van der Waals surface area (Å²) in [5.74, 6) is -0.373. The smallest absolute Gasteiger partial charge is 0.337 e. The highest BCUT2D eigenvalue weighted by Gasteiger charge is 2.20. The minimum Gasteiger partial charge on any atom is -0.483 e. The first-order valence-corrected chi connectivity index (χ1v) is 12.3. The Hall–Kier alpha value is -4.12. The van der Waals surface area contributed by atoms with E-state index in [-0.39, 0.29) is 28.5 Å². The van der Waals surface area contributed by atoms with E-state index in [0.29, 0.717) is 23.3 Å². The van der Waals surface area contributed by atoms with Crippen LogP contribution in [0.15, 0.2) is 60.3 Å². The minimum absolute atomic E-state index is 0.00150. The van der Waals surface area contributed by atoms with Crippen LogP contribution >= 0.6 is 11.8 Å². The standard InChI is InChI=1S/C26H28N4O6S/c1-6-11-30-23(17(3)36-21-9-7-16(2)8-10-21)28-29-26(30)37-15-22(31)27-20-13-18(24(32)34-4)12-19(14-20)25(33)35-5/h6-10,12-14,17H,1,11,15H2,2-5H3,(H,27,31). The summed E-state index contributed by atoms with van der Waals surface area (Å²) in [7, 11) is 2.45. The number of carbonyl (C=O) groups excluding carboxylic acids is 3. The van der Waals surface area contributed by atoms with Crippen LogP contribution in [0.2, 0.25) is 0 Å². The van der Waals surface area contributed by atoms with Crippen molar-refractivity contribution in [3.05, 3.63) is 77.6 Å². The lowest BCUT2D eigenvalue weighted by Crippen LogP contribution is -2.17. The van der Waals surface area contributed by atoms with Gasteiger partial charge in [0.2, 0.25) is 5.91 Å². The molecule has 0 radical (unpaired) electrons. The molecule has 194 valence electrons. The van der Waals surface area contributed by atoms with Gasteiger partial charge in [-0.3, -0.25) is 9.36 Å². The lowest BCUT2D eigenvalue weighted by molar-refractivity contribution is -0.113. The van der Waals surface area contributed by atoms with Crippen LogP contribution in [0.25, 0.3) is 0 Å². The Morgan fingerprint density at radius 2 is 1.68 bits per heavy atom. The molecule has 1 aromatic heterocycles. The first-order valence-electron chi connectivity index (χ1n) is 11.3. The molecule has 0 aliphatic heterocycles. The van der Waals surface area contributed by atoms with Crippen molar-refractivity contribution in [3.8, 4) is 5.75 Å². The fraction of sp³-hybridized carbons (Fsp3) is 0.269. The number of carbonyl (C=O) groups is 3. The molecule has 10 nitrogen and oxygen atoms in total. The van der Waals surface area contributed by atoms with E-state index in [9.17, 15) is 14.4 Å². The molecule has 3 rings (SSSR count). The number of methoxy groups -OCH3 is 2.